The van der Waals surface area contributed by atoms with E-state index >= 15 is 0 Å². The molecule has 3 aromatic carbocycles. The highest BCUT2D eigenvalue weighted by molar-refractivity contribution is 6.03. The Hall–Kier alpha value is -4.10. The first-order chi connectivity index (χ1) is 17.7. The lowest BCUT2D eigenvalue weighted by Gasteiger charge is -2.31. The van der Waals surface area contributed by atoms with E-state index in [0.717, 1.165) is 39.0 Å². The second kappa shape index (κ2) is 9.17. The average molecular weight is 482 g/mol. The summed E-state index contributed by atoms with van der Waals surface area (Å²) >= 11 is 0. The van der Waals surface area contributed by atoms with Crippen LogP contribution in [0.1, 0.15) is 27.5 Å². The molecule has 4 aromatic rings. The maximum atomic E-state index is 13.7. The van der Waals surface area contributed by atoms with Gasteiger partial charge in [0.25, 0.3) is 5.91 Å². The van der Waals surface area contributed by atoms with Crippen molar-refractivity contribution in [2.45, 2.75) is 6.04 Å². The Morgan fingerprint density at radius 1 is 1.03 bits per heavy atom. The van der Waals surface area contributed by atoms with Crippen LogP contribution in [0.3, 0.4) is 0 Å². The third-order valence-electron chi connectivity index (χ3n) is 7.11. The molecule has 1 saturated heterocycles. The van der Waals surface area contributed by atoms with E-state index in [1.54, 1.807) is 16.9 Å². The van der Waals surface area contributed by atoms with Crippen molar-refractivity contribution in [1.29, 1.82) is 0 Å². The first-order valence-electron chi connectivity index (χ1n) is 12.2. The molecule has 0 radical (unpaired) electrons. The largest absolute Gasteiger partial charge is 0.497 e. The van der Waals surface area contributed by atoms with Gasteiger partial charge in [-0.3, -0.25) is 9.59 Å². The number of morpholine rings is 1. The van der Waals surface area contributed by atoms with E-state index in [0.29, 0.717) is 31.9 Å². The number of para-hydroxylation sites is 1. The van der Waals surface area contributed by atoms with Gasteiger partial charge in [-0.1, -0.05) is 48.5 Å². The summed E-state index contributed by atoms with van der Waals surface area (Å²) in [7, 11) is 1.65. The van der Waals surface area contributed by atoms with Gasteiger partial charge in [0.15, 0.2) is 0 Å². The van der Waals surface area contributed by atoms with Crippen molar-refractivity contribution >= 4 is 22.7 Å². The maximum Gasteiger partial charge on any atom is 0.255 e. The Labute approximate surface area is 209 Å². The van der Waals surface area contributed by atoms with Crippen LogP contribution in [-0.2, 0) is 9.53 Å². The first-order valence-corrected chi connectivity index (χ1v) is 12.2. The van der Waals surface area contributed by atoms with Crippen LogP contribution in [0.2, 0.25) is 0 Å². The number of nitrogens with one attached hydrogen (secondary N) is 1. The molecule has 2 aliphatic rings. The number of methoxy groups -OCH3 is 1. The van der Waals surface area contributed by atoms with E-state index in [1.807, 2.05) is 66.7 Å². The molecule has 182 valence electrons. The number of aromatic nitrogens is 1. The van der Waals surface area contributed by atoms with Crippen molar-refractivity contribution in [2.75, 3.05) is 40.0 Å². The van der Waals surface area contributed by atoms with Crippen LogP contribution >= 0.6 is 0 Å². The number of nitrogens with zero attached hydrogens (tertiary/aromatic N) is 2. The molecule has 2 amide bonds. The smallest absolute Gasteiger partial charge is 0.255 e. The van der Waals surface area contributed by atoms with Crippen molar-refractivity contribution in [3.8, 4) is 17.0 Å². The summed E-state index contributed by atoms with van der Waals surface area (Å²) in [6.07, 6.45) is 0. The first kappa shape index (κ1) is 22.4. The minimum Gasteiger partial charge on any atom is -0.497 e. The van der Waals surface area contributed by atoms with E-state index in [2.05, 4.69) is 11.1 Å². The van der Waals surface area contributed by atoms with Crippen LogP contribution in [0.25, 0.3) is 22.2 Å². The predicted octanol–water partition coefficient (Wildman–Crippen LogP) is 4.25. The van der Waals surface area contributed by atoms with Gasteiger partial charge < -0.3 is 24.3 Å². The van der Waals surface area contributed by atoms with Crippen molar-refractivity contribution in [3.63, 3.8) is 0 Å². The standard InChI is InChI=1S/C29H27N3O4/c1-35-20-8-6-7-19(17-20)27-26(23-11-4-5-12-24(23)30-27)28-21-9-2-3-10-22(21)29(34)32(28)18-25(33)31-13-15-36-16-14-31/h2-12,17,28,30H,13-16,18H2,1H3. The zero-order valence-electron chi connectivity index (χ0n) is 20.1. The monoisotopic (exact) mass is 481 g/mol. The molecule has 0 bridgehead atoms. The molecule has 0 saturated carbocycles. The molecule has 7 nitrogen and oxygen atoms in total. The molecule has 1 unspecified atom stereocenters. The number of aromatic amines is 1. The third kappa shape index (κ3) is 3.72. The summed E-state index contributed by atoms with van der Waals surface area (Å²) in [6, 6.07) is 23.2. The number of fused-ring (bicyclic) bond motifs is 2. The van der Waals surface area contributed by atoms with Gasteiger partial charge in [-0.2, -0.15) is 0 Å². The molecule has 7 heteroatoms. The number of hydrogen-bond donors (Lipinski definition) is 1. The van der Waals surface area contributed by atoms with Crippen LogP contribution < -0.4 is 4.74 Å². The number of amides is 2. The molecule has 1 aromatic heterocycles. The number of carbonyl (C=O) groups excluding carboxylic acids is 2. The van der Waals surface area contributed by atoms with E-state index in [1.165, 1.54) is 0 Å². The van der Waals surface area contributed by atoms with E-state index in [9.17, 15) is 9.59 Å². The molecule has 2 aliphatic heterocycles. The fraction of sp³-hybridized carbons (Fsp3) is 0.241. The highest BCUT2D eigenvalue weighted by atomic mass is 16.5. The molecule has 0 spiro atoms. The van der Waals surface area contributed by atoms with Crippen LogP contribution in [0, 0.1) is 0 Å². The van der Waals surface area contributed by atoms with Gasteiger partial charge >= 0.3 is 0 Å². The van der Waals surface area contributed by atoms with Gasteiger partial charge in [-0.05, 0) is 29.8 Å². The molecule has 1 N–H and O–H groups in total. The topological polar surface area (TPSA) is 74.9 Å². The van der Waals surface area contributed by atoms with Crippen LogP contribution in [0.5, 0.6) is 5.75 Å². The Bertz CT molecular complexity index is 1450. The number of rotatable bonds is 5. The number of benzene rings is 3. The third-order valence-corrected chi connectivity index (χ3v) is 7.11. The predicted molar refractivity (Wildman–Crippen MR) is 137 cm³/mol. The number of carbonyl (C=O) groups is 2. The fourth-order valence-corrected chi connectivity index (χ4v) is 5.36. The lowest BCUT2D eigenvalue weighted by atomic mass is 9.93. The zero-order chi connectivity index (χ0) is 24.6. The molecule has 1 atom stereocenters. The Balaban J connectivity index is 1.52. The zero-order valence-corrected chi connectivity index (χ0v) is 20.1. The fourth-order valence-electron chi connectivity index (χ4n) is 5.36. The van der Waals surface area contributed by atoms with Gasteiger partial charge in [0, 0.05) is 40.7 Å². The van der Waals surface area contributed by atoms with Gasteiger partial charge in [0.2, 0.25) is 5.91 Å². The number of ether oxygens (including phenoxy) is 2. The van der Waals surface area contributed by atoms with Crippen LogP contribution in [0.4, 0.5) is 0 Å². The van der Waals surface area contributed by atoms with E-state index in [-0.39, 0.29) is 18.4 Å². The summed E-state index contributed by atoms with van der Waals surface area (Å²) in [5, 5.41) is 1.02. The summed E-state index contributed by atoms with van der Waals surface area (Å²) in [6.45, 7) is 2.13. The summed E-state index contributed by atoms with van der Waals surface area (Å²) in [5.74, 6) is 0.561. The van der Waals surface area contributed by atoms with Crippen molar-refractivity contribution in [1.82, 2.24) is 14.8 Å². The van der Waals surface area contributed by atoms with E-state index < -0.39 is 6.04 Å². The second-order valence-corrected chi connectivity index (χ2v) is 9.11. The van der Waals surface area contributed by atoms with Crippen molar-refractivity contribution < 1.29 is 19.1 Å². The van der Waals surface area contributed by atoms with Crippen LogP contribution in [0.15, 0.2) is 72.8 Å². The average Bonchev–Trinajstić information content (AvgIpc) is 3.44. The summed E-state index contributed by atoms with van der Waals surface area (Å²) in [5.41, 5.74) is 5.36. The van der Waals surface area contributed by atoms with Crippen molar-refractivity contribution in [2.24, 2.45) is 0 Å². The molecule has 0 aliphatic carbocycles. The lowest BCUT2D eigenvalue weighted by molar-refractivity contribution is -0.136. The van der Waals surface area contributed by atoms with Gasteiger partial charge in [-0.15, -0.1) is 0 Å². The molecule has 6 rings (SSSR count). The summed E-state index contributed by atoms with van der Waals surface area (Å²) in [4.78, 5) is 34.1. The van der Waals surface area contributed by atoms with Crippen molar-refractivity contribution in [3.05, 3.63) is 89.5 Å². The van der Waals surface area contributed by atoms with Gasteiger partial charge in [0.1, 0.15) is 12.3 Å². The number of H-pyrrole nitrogens is 1. The van der Waals surface area contributed by atoms with E-state index in [4.69, 9.17) is 9.47 Å². The minimum absolute atomic E-state index is 0.00916. The second-order valence-electron chi connectivity index (χ2n) is 9.11. The highest BCUT2D eigenvalue weighted by Crippen LogP contribution is 2.45. The molecular formula is C29H27N3O4. The van der Waals surface area contributed by atoms with Gasteiger partial charge in [0.05, 0.1) is 32.1 Å². The summed E-state index contributed by atoms with van der Waals surface area (Å²) < 4.78 is 10.9. The Morgan fingerprint density at radius 3 is 2.64 bits per heavy atom. The lowest BCUT2D eigenvalue weighted by Crippen LogP contribution is -2.46. The molecule has 36 heavy (non-hydrogen) atoms. The Morgan fingerprint density at radius 2 is 1.81 bits per heavy atom. The quantitative estimate of drug-likeness (QED) is 0.463. The normalized spacial score (nSPS) is 17.5. The minimum atomic E-state index is -0.406. The number of hydrogen-bond acceptors (Lipinski definition) is 4. The van der Waals surface area contributed by atoms with Crippen LogP contribution in [-0.4, -0.2) is 66.6 Å². The Kier molecular flexibility index (Phi) is 5.70. The highest BCUT2D eigenvalue weighted by Gasteiger charge is 2.41. The maximum absolute atomic E-state index is 13.7. The van der Waals surface area contributed by atoms with Gasteiger partial charge in [-0.25, -0.2) is 0 Å². The molecular weight excluding hydrogens is 454 g/mol. The molecule has 1 fully saturated rings. The SMILES string of the molecule is COc1cccc(-c2[nH]c3ccccc3c2C2c3ccccc3C(=O)N2CC(=O)N2CCOCC2)c1. The molecule has 3 heterocycles.